The predicted octanol–water partition coefficient (Wildman–Crippen LogP) is 3.66. The third-order valence-corrected chi connectivity index (χ3v) is 8.60. The molecule has 1 aliphatic heterocycles. The highest BCUT2D eigenvalue weighted by atomic mass is 32.2. The minimum Gasteiger partial charge on any atom is -0.481 e. The molecule has 9 heteroatoms. The van der Waals surface area contributed by atoms with Gasteiger partial charge in [-0.3, -0.25) is 9.59 Å². The molecule has 8 nitrogen and oxygen atoms in total. The maximum absolute atomic E-state index is 13.7. The van der Waals surface area contributed by atoms with Crippen LogP contribution in [-0.2, 0) is 26.2 Å². The van der Waals surface area contributed by atoms with Crippen molar-refractivity contribution in [3.63, 3.8) is 0 Å². The van der Waals surface area contributed by atoms with Gasteiger partial charge in [0.05, 0.1) is 11.4 Å². The number of carboxylic acid groups (broad SMARTS) is 1. The van der Waals surface area contributed by atoms with Gasteiger partial charge in [-0.2, -0.15) is 4.31 Å². The summed E-state index contributed by atoms with van der Waals surface area (Å²) >= 11 is 0. The second-order valence-electron chi connectivity index (χ2n) is 9.00. The normalized spacial score (nSPS) is 18.9. The van der Waals surface area contributed by atoms with Gasteiger partial charge in [0.2, 0.25) is 15.9 Å². The van der Waals surface area contributed by atoms with E-state index in [0.29, 0.717) is 17.0 Å². The van der Waals surface area contributed by atoms with Crippen LogP contribution in [0.3, 0.4) is 0 Å². The smallest absolute Gasteiger partial charge is 0.323 e. The number of carbonyl (C=O) groups excluding carboxylic acids is 1. The second kappa shape index (κ2) is 11.1. The summed E-state index contributed by atoms with van der Waals surface area (Å²) in [6.07, 6.45) is 4.52. The molecule has 0 radical (unpaired) electrons. The lowest BCUT2D eigenvalue weighted by molar-refractivity contribution is -0.141. The van der Waals surface area contributed by atoms with Gasteiger partial charge >= 0.3 is 5.97 Å². The van der Waals surface area contributed by atoms with Crippen LogP contribution in [0.4, 0.5) is 5.69 Å². The fourth-order valence-electron chi connectivity index (χ4n) is 4.82. The van der Waals surface area contributed by atoms with Crippen LogP contribution in [0, 0.1) is 17.8 Å². The molecule has 4 rings (SSSR count). The van der Waals surface area contributed by atoms with Crippen molar-refractivity contribution < 1.29 is 27.9 Å². The average molecular weight is 511 g/mol. The van der Waals surface area contributed by atoms with E-state index >= 15 is 0 Å². The molecule has 0 aromatic heterocycles. The number of hydrogen-bond donors (Lipinski definition) is 1. The van der Waals surface area contributed by atoms with Crippen molar-refractivity contribution in [2.24, 2.45) is 5.92 Å². The molecule has 1 unspecified atom stereocenters. The number of fused-ring (bicyclic) bond motifs is 1. The number of sulfonamides is 1. The molecule has 0 spiro atoms. The molecule has 1 amide bonds. The minimum atomic E-state index is -4.21. The first-order valence-corrected chi connectivity index (χ1v) is 13.5. The quantitative estimate of drug-likeness (QED) is 0.595. The Kier molecular flexibility index (Phi) is 7.97. The molecular formula is C27H30N2O6S. The van der Waals surface area contributed by atoms with Gasteiger partial charge < -0.3 is 14.7 Å². The largest absolute Gasteiger partial charge is 0.481 e. The van der Waals surface area contributed by atoms with Gasteiger partial charge in [-0.05, 0) is 55.7 Å². The number of nitrogens with zero attached hydrogens (tertiary/aromatic N) is 2. The van der Waals surface area contributed by atoms with Crippen molar-refractivity contribution in [1.82, 2.24) is 4.31 Å². The lowest BCUT2D eigenvalue weighted by Crippen LogP contribution is -2.51. The Balaban J connectivity index is 1.69. The van der Waals surface area contributed by atoms with E-state index in [2.05, 4.69) is 11.8 Å². The second-order valence-corrected chi connectivity index (χ2v) is 10.9. The van der Waals surface area contributed by atoms with Crippen LogP contribution in [0.15, 0.2) is 53.4 Å². The number of aliphatic carboxylic acids is 1. The number of hydrogen-bond acceptors (Lipinski definition) is 5. The van der Waals surface area contributed by atoms with E-state index in [4.69, 9.17) is 4.74 Å². The monoisotopic (exact) mass is 510 g/mol. The third-order valence-electron chi connectivity index (χ3n) is 6.74. The number of rotatable bonds is 6. The fraction of sp³-hybridized carbons (Fsp3) is 0.407. The lowest BCUT2D eigenvalue weighted by atomic mass is 9.88. The summed E-state index contributed by atoms with van der Waals surface area (Å²) in [5.74, 6) is 4.32. The number of carboxylic acids is 1. The van der Waals surface area contributed by atoms with Gasteiger partial charge in [-0.15, -0.1) is 5.92 Å². The number of ether oxygens (including phenoxy) is 1. The van der Waals surface area contributed by atoms with Gasteiger partial charge in [0.1, 0.15) is 18.4 Å². The Morgan fingerprint density at radius 1 is 1.06 bits per heavy atom. The highest BCUT2D eigenvalue weighted by molar-refractivity contribution is 7.89. The molecular weight excluding hydrogens is 480 g/mol. The van der Waals surface area contributed by atoms with Crippen molar-refractivity contribution in [3.8, 4) is 17.6 Å². The molecule has 0 saturated heterocycles. The van der Waals surface area contributed by atoms with Crippen molar-refractivity contribution in [2.45, 2.75) is 56.5 Å². The van der Waals surface area contributed by atoms with Crippen LogP contribution >= 0.6 is 0 Å². The predicted molar refractivity (Wildman–Crippen MR) is 135 cm³/mol. The van der Waals surface area contributed by atoms with Crippen molar-refractivity contribution in [2.75, 3.05) is 18.1 Å². The first-order chi connectivity index (χ1) is 17.3. The highest BCUT2D eigenvalue weighted by Crippen LogP contribution is 2.34. The summed E-state index contributed by atoms with van der Waals surface area (Å²) in [5, 5.41) is 10.1. The third kappa shape index (κ3) is 5.40. The Bertz CT molecular complexity index is 1270. The van der Waals surface area contributed by atoms with Gasteiger partial charge in [0.25, 0.3) is 0 Å². The molecule has 0 bridgehead atoms. The standard InChI is InChI=1S/C27H30N2O6S/c1-2-3-17-35-22-13-15-23(16-14-22)36(33,34)29-18-21-11-7-8-12-24(21)28(19-25(29)27(31)32)26(30)20-9-5-4-6-10-20/h7-8,11-16,20,25H,4-6,9-10,17-19H2,1H3,(H,31,32). The van der Waals surface area contributed by atoms with Gasteiger partial charge in [0, 0.05) is 18.2 Å². The number of benzene rings is 2. The van der Waals surface area contributed by atoms with E-state index < -0.39 is 22.0 Å². The maximum atomic E-state index is 13.7. The Morgan fingerprint density at radius 2 is 1.75 bits per heavy atom. The average Bonchev–Trinajstić information content (AvgIpc) is 3.07. The molecule has 190 valence electrons. The fourth-order valence-corrected chi connectivity index (χ4v) is 6.37. The zero-order valence-electron chi connectivity index (χ0n) is 20.2. The Labute approximate surface area is 211 Å². The number of para-hydroxylation sites is 1. The van der Waals surface area contributed by atoms with E-state index in [0.717, 1.165) is 36.4 Å². The Hall–Kier alpha value is -3.35. The zero-order valence-corrected chi connectivity index (χ0v) is 21.0. The van der Waals surface area contributed by atoms with E-state index in [-0.39, 0.29) is 36.4 Å². The summed E-state index contributed by atoms with van der Waals surface area (Å²) in [4.78, 5) is 27.4. The van der Waals surface area contributed by atoms with Crippen LogP contribution in [-0.4, -0.2) is 48.9 Å². The molecule has 1 aliphatic carbocycles. The van der Waals surface area contributed by atoms with Crippen LogP contribution in [0.1, 0.15) is 44.6 Å². The molecule has 1 atom stereocenters. The van der Waals surface area contributed by atoms with E-state index in [1.165, 1.54) is 29.2 Å². The molecule has 2 aliphatic rings. The molecule has 1 saturated carbocycles. The summed E-state index contributed by atoms with van der Waals surface area (Å²) in [6.45, 7) is 1.46. The molecule has 1 N–H and O–H groups in total. The molecule has 1 fully saturated rings. The summed E-state index contributed by atoms with van der Waals surface area (Å²) in [7, 11) is -4.21. The van der Waals surface area contributed by atoms with E-state index in [9.17, 15) is 23.1 Å². The van der Waals surface area contributed by atoms with Gasteiger partial charge in [-0.25, -0.2) is 8.42 Å². The number of carbonyl (C=O) groups is 2. The molecule has 2 aromatic carbocycles. The van der Waals surface area contributed by atoms with Crippen LogP contribution in [0.5, 0.6) is 5.75 Å². The van der Waals surface area contributed by atoms with Crippen molar-refractivity contribution >= 4 is 27.6 Å². The molecule has 36 heavy (non-hydrogen) atoms. The topological polar surface area (TPSA) is 104 Å². The summed E-state index contributed by atoms with van der Waals surface area (Å²) in [6, 6.07) is 11.4. The van der Waals surface area contributed by atoms with Crippen molar-refractivity contribution in [1.29, 1.82) is 0 Å². The van der Waals surface area contributed by atoms with Gasteiger partial charge in [-0.1, -0.05) is 43.4 Å². The zero-order chi connectivity index (χ0) is 25.7. The number of amides is 1. The maximum Gasteiger partial charge on any atom is 0.323 e. The van der Waals surface area contributed by atoms with Crippen LogP contribution < -0.4 is 9.64 Å². The minimum absolute atomic E-state index is 0.0489. The van der Waals surface area contributed by atoms with Crippen molar-refractivity contribution in [3.05, 3.63) is 54.1 Å². The highest BCUT2D eigenvalue weighted by Gasteiger charge is 2.42. The van der Waals surface area contributed by atoms with E-state index in [1.54, 1.807) is 31.2 Å². The van der Waals surface area contributed by atoms with Gasteiger partial charge in [0.15, 0.2) is 0 Å². The Morgan fingerprint density at radius 3 is 2.42 bits per heavy atom. The molecule has 1 heterocycles. The van der Waals surface area contributed by atoms with Crippen LogP contribution in [0.2, 0.25) is 0 Å². The van der Waals surface area contributed by atoms with E-state index in [1.807, 2.05) is 0 Å². The molecule has 2 aromatic rings. The SMILES string of the molecule is CC#CCOc1ccc(S(=O)(=O)N2Cc3ccccc3N(C(=O)C3CCCCC3)CC2C(=O)O)cc1. The first kappa shape index (κ1) is 25.7. The number of anilines is 1. The van der Waals surface area contributed by atoms with Crippen LogP contribution in [0.25, 0.3) is 0 Å². The lowest BCUT2D eigenvalue weighted by Gasteiger charge is -2.31. The summed E-state index contributed by atoms with van der Waals surface area (Å²) < 4.78 is 33.9. The first-order valence-electron chi connectivity index (χ1n) is 12.1. The summed E-state index contributed by atoms with van der Waals surface area (Å²) in [5.41, 5.74) is 1.16.